The van der Waals surface area contributed by atoms with Gasteiger partial charge < -0.3 is 14.8 Å². The minimum atomic E-state index is -0.180. The zero-order valence-corrected chi connectivity index (χ0v) is 11.7. The summed E-state index contributed by atoms with van der Waals surface area (Å²) in [5.74, 6) is 0.504. The maximum Gasteiger partial charge on any atom is 0.236 e. The van der Waals surface area contributed by atoms with E-state index in [2.05, 4.69) is 20.6 Å². The fraction of sp³-hybridized carbons (Fsp3) is 0.583. The number of nitrogens with zero attached hydrogens (tertiary/aromatic N) is 2. The smallest absolute Gasteiger partial charge is 0.236 e. The molecule has 7 heteroatoms. The molecule has 0 radical (unpaired) electrons. The third kappa shape index (κ3) is 4.70. The number of hydrogen-bond donors (Lipinski definition) is 2. The number of methoxy groups -OCH3 is 2. The van der Waals surface area contributed by atoms with E-state index in [9.17, 15) is 4.79 Å². The van der Waals surface area contributed by atoms with E-state index >= 15 is 0 Å². The van der Waals surface area contributed by atoms with E-state index in [0.29, 0.717) is 18.3 Å². The van der Waals surface area contributed by atoms with Crippen LogP contribution in [0.15, 0.2) is 6.07 Å². The number of ether oxygens (including phenoxy) is 2. The number of amides is 1. The van der Waals surface area contributed by atoms with Gasteiger partial charge in [0.15, 0.2) is 0 Å². The number of hydrogen-bond acceptors (Lipinski definition) is 6. The third-order valence-corrected chi connectivity index (χ3v) is 2.48. The van der Waals surface area contributed by atoms with Gasteiger partial charge in [0.05, 0.1) is 20.3 Å². The van der Waals surface area contributed by atoms with Gasteiger partial charge in [0, 0.05) is 12.5 Å². The van der Waals surface area contributed by atoms with Crippen molar-refractivity contribution in [2.75, 3.05) is 32.6 Å². The summed E-state index contributed by atoms with van der Waals surface area (Å²) in [6.07, 6.45) is 0. The van der Waals surface area contributed by atoms with Crippen LogP contribution in [0.1, 0.15) is 13.8 Å². The van der Waals surface area contributed by atoms with E-state index in [1.165, 1.54) is 20.3 Å². The summed E-state index contributed by atoms with van der Waals surface area (Å²) < 4.78 is 10.0. The van der Waals surface area contributed by atoms with Crippen LogP contribution in [0.5, 0.6) is 11.8 Å². The molecule has 1 aromatic heterocycles. The van der Waals surface area contributed by atoms with Crippen LogP contribution < -0.4 is 20.1 Å². The van der Waals surface area contributed by atoms with Crippen LogP contribution in [-0.2, 0) is 4.79 Å². The Kier molecular flexibility index (Phi) is 6.01. The van der Waals surface area contributed by atoms with E-state index < -0.39 is 0 Å². The topological polar surface area (TPSA) is 85.4 Å². The first-order chi connectivity index (χ1) is 9.10. The van der Waals surface area contributed by atoms with Gasteiger partial charge in [-0.25, -0.2) is 0 Å². The quantitative estimate of drug-likeness (QED) is 0.756. The summed E-state index contributed by atoms with van der Waals surface area (Å²) in [6, 6.07) is 1.54. The van der Waals surface area contributed by atoms with Crippen LogP contribution in [0, 0.1) is 5.92 Å². The number of rotatable bonds is 7. The minimum Gasteiger partial charge on any atom is -0.481 e. The molecule has 1 amide bonds. The molecule has 7 nitrogen and oxygen atoms in total. The van der Waals surface area contributed by atoms with Gasteiger partial charge in [-0.15, -0.1) is 0 Å². The molecular weight excluding hydrogens is 248 g/mol. The van der Waals surface area contributed by atoms with Crippen molar-refractivity contribution in [3.05, 3.63) is 6.07 Å². The van der Waals surface area contributed by atoms with E-state index in [0.717, 1.165) is 6.54 Å². The molecule has 1 heterocycles. The Morgan fingerprint density at radius 3 is 2.37 bits per heavy atom. The summed E-state index contributed by atoms with van der Waals surface area (Å²) in [5, 5.41) is 5.75. The molecule has 2 N–H and O–H groups in total. The molecule has 1 rings (SSSR count). The van der Waals surface area contributed by atoms with Crippen molar-refractivity contribution < 1.29 is 14.3 Å². The molecule has 0 spiro atoms. The normalized spacial score (nSPS) is 11.8. The van der Waals surface area contributed by atoms with Gasteiger partial charge in [-0.2, -0.15) is 9.97 Å². The van der Waals surface area contributed by atoms with Crippen molar-refractivity contribution in [3.63, 3.8) is 0 Å². The zero-order chi connectivity index (χ0) is 14.3. The molecule has 0 aliphatic carbocycles. The lowest BCUT2D eigenvalue weighted by Gasteiger charge is -2.12. The van der Waals surface area contributed by atoms with Crippen LogP contribution in [0.25, 0.3) is 0 Å². The van der Waals surface area contributed by atoms with Gasteiger partial charge >= 0.3 is 0 Å². The summed E-state index contributed by atoms with van der Waals surface area (Å²) in [7, 11) is 2.97. The van der Waals surface area contributed by atoms with E-state index in [1.54, 1.807) is 0 Å². The van der Waals surface area contributed by atoms with Gasteiger partial charge in [-0.05, 0) is 6.54 Å². The highest BCUT2D eigenvalue weighted by Gasteiger charge is 2.15. The number of nitrogens with one attached hydrogen (secondary N) is 2. The Balaban J connectivity index is 2.72. The molecule has 1 unspecified atom stereocenters. The third-order valence-electron chi connectivity index (χ3n) is 2.48. The van der Waals surface area contributed by atoms with Gasteiger partial charge in [-0.3, -0.25) is 10.1 Å². The lowest BCUT2D eigenvalue weighted by molar-refractivity contribution is -0.119. The fourth-order valence-corrected chi connectivity index (χ4v) is 1.36. The average molecular weight is 268 g/mol. The number of carbonyl (C=O) groups excluding carboxylic acids is 1. The maximum absolute atomic E-state index is 11.9. The van der Waals surface area contributed by atoms with Gasteiger partial charge in [0.25, 0.3) is 0 Å². The Labute approximate surface area is 112 Å². The van der Waals surface area contributed by atoms with Crippen molar-refractivity contribution >= 4 is 11.9 Å². The number of anilines is 1. The van der Waals surface area contributed by atoms with Crippen molar-refractivity contribution in [3.8, 4) is 11.8 Å². The molecular formula is C12H20N4O3. The highest BCUT2D eigenvalue weighted by Crippen LogP contribution is 2.17. The Bertz CT molecular complexity index is 403. The minimum absolute atomic E-state index is 0.156. The SMILES string of the molecule is CCNCC(C)C(=O)Nc1nc(OC)cc(OC)n1. The Morgan fingerprint density at radius 1 is 1.32 bits per heavy atom. The summed E-state index contributed by atoms with van der Waals surface area (Å²) in [6.45, 7) is 5.24. The molecule has 0 saturated carbocycles. The highest BCUT2D eigenvalue weighted by atomic mass is 16.5. The van der Waals surface area contributed by atoms with Gasteiger partial charge in [-0.1, -0.05) is 13.8 Å². The van der Waals surface area contributed by atoms with E-state index in [-0.39, 0.29) is 17.8 Å². The van der Waals surface area contributed by atoms with E-state index in [1.807, 2.05) is 13.8 Å². The summed E-state index contributed by atoms with van der Waals surface area (Å²) in [4.78, 5) is 20.0. The van der Waals surface area contributed by atoms with Crippen molar-refractivity contribution in [1.82, 2.24) is 15.3 Å². The van der Waals surface area contributed by atoms with Crippen LogP contribution in [-0.4, -0.2) is 43.2 Å². The second-order valence-corrected chi connectivity index (χ2v) is 3.97. The number of carbonyl (C=O) groups is 1. The molecule has 19 heavy (non-hydrogen) atoms. The van der Waals surface area contributed by atoms with Crippen molar-refractivity contribution in [2.45, 2.75) is 13.8 Å². The first-order valence-corrected chi connectivity index (χ1v) is 6.09. The lowest BCUT2D eigenvalue weighted by Crippen LogP contribution is -2.30. The van der Waals surface area contributed by atoms with Crippen LogP contribution in [0.4, 0.5) is 5.95 Å². The van der Waals surface area contributed by atoms with E-state index in [4.69, 9.17) is 9.47 Å². The highest BCUT2D eigenvalue weighted by molar-refractivity contribution is 5.90. The summed E-state index contributed by atoms with van der Waals surface area (Å²) >= 11 is 0. The molecule has 0 aliphatic heterocycles. The van der Waals surface area contributed by atoms with Crippen LogP contribution >= 0.6 is 0 Å². The second kappa shape index (κ2) is 7.52. The summed E-state index contributed by atoms with van der Waals surface area (Å²) in [5.41, 5.74) is 0. The van der Waals surface area contributed by atoms with Crippen molar-refractivity contribution in [2.24, 2.45) is 5.92 Å². The maximum atomic E-state index is 11.9. The predicted molar refractivity (Wildman–Crippen MR) is 71.5 cm³/mol. The first-order valence-electron chi connectivity index (χ1n) is 6.09. The Hall–Kier alpha value is -1.89. The molecule has 0 saturated heterocycles. The lowest BCUT2D eigenvalue weighted by atomic mass is 10.1. The second-order valence-electron chi connectivity index (χ2n) is 3.97. The largest absolute Gasteiger partial charge is 0.481 e. The Morgan fingerprint density at radius 2 is 1.89 bits per heavy atom. The van der Waals surface area contributed by atoms with Crippen LogP contribution in [0.3, 0.4) is 0 Å². The molecule has 1 atom stereocenters. The van der Waals surface area contributed by atoms with Gasteiger partial charge in [0.2, 0.25) is 23.6 Å². The van der Waals surface area contributed by atoms with Crippen molar-refractivity contribution in [1.29, 1.82) is 0 Å². The molecule has 106 valence electrons. The molecule has 0 aromatic carbocycles. The molecule has 0 fully saturated rings. The molecule has 1 aromatic rings. The number of aromatic nitrogens is 2. The predicted octanol–water partition coefficient (Wildman–Crippen LogP) is 0.678. The van der Waals surface area contributed by atoms with Gasteiger partial charge in [0.1, 0.15) is 0 Å². The molecule has 0 aliphatic rings. The monoisotopic (exact) mass is 268 g/mol. The first kappa shape index (κ1) is 15.2. The standard InChI is InChI=1S/C12H20N4O3/c1-5-13-7-8(2)11(17)16-12-14-9(18-3)6-10(15-12)19-4/h6,8,13H,5,7H2,1-4H3,(H,14,15,16,17). The van der Waals surface area contributed by atoms with Crippen LogP contribution in [0.2, 0.25) is 0 Å². The average Bonchev–Trinajstić information content (AvgIpc) is 2.43. The zero-order valence-electron chi connectivity index (χ0n) is 11.7. The molecule has 0 bridgehead atoms. The fourth-order valence-electron chi connectivity index (χ4n) is 1.36.